The molecule has 0 aliphatic carbocycles. The van der Waals surface area contributed by atoms with Crippen molar-refractivity contribution in [1.29, 1.82) is 0 Å². The maximum Gasteiger partial charge on any atom is 0.122 e. The summed E-state index contributed by atoms with van der Waals surface area (Å²) in [7, 11) is 0. The summed E-state index contributed by atoms with van der Waals surface area (Å²) in [5.41, 5.74) is 10.2. The third kappa shape index (κ3) is 3.52. The van der Waals surface area contributed by atoms with Gasteiger partial charge in [-0.05, 0) is 0 Å². The van der Waals surface area contributed by atoms with E-state index < -0.39 is 0 Å². The van der Waals surface area contributed by atoms with Crippen LogP contribution in [-0.2, 0) is 0 Å². The van der Waals surface area contributed by atoms with Gasteiger partial charge in [-0.1, -0.05) is 60.7 Å². The number of rotatable bonds is 3. The van der Waals surface area contributed by atoms with Crippen LogP contribution in [0.15, 0.2) is 60.7 Å². The summed E-state index contributed by atoms with van der Waals surface area (Å²) in [4.78, 5) is 0. The fourth-order valence-electron chi connectivity index (χ4n) is 2.34. The van der Waals surface area contributed by atoms with Crippen LogP contribution in [0, 0.1) is 24.0 Å². The Kier molecular flexibility index (Phi) is 4.80. The third-order valence-corrected chi connectivity index (χ3v) is 3.47. The van der Waals surface area contributed by atoms with E-state index in [-0.39, 0.29) is 0 Å². The summed E-state index contributed by atoms with van der Waals surface area (Å²) in [6, 6.07) is 21.8. The van der Waals surface area contributed by atoms with Gasteiger partial charge in [0.25, 0.3) is 0 Å². The number of nitrogens with zero attached hydrogens (tertiary/aromatic N) is 2. The summed E-state index contributed by atoms with van der Waals surface area (Å²) in [5, 5.41) is 20.1. The SMILES string of the molecule is Nc1c(-c2ccccc2)nnc(-c2ccccc2)c1NC#CC#CO. The number of aromatic nitrogens is 2. The maximum atomic E-state index is 8.51. The topological polar surface area (TPSA) is 84.1 Å². The molecule has 0 saturated heterocycles. The van der Waals surface area contributed by atoms with E-state index in [4.69, 9.17) is 10.8 Å². The van der Waals surface area contributed by atoms with E-state index >= 15 is 0 Å². The molecule has 0 amide bonds. The summed E-state index contributed by atoms with van der Waals surface area (Å²) >= 11 is 0. The Bertz CT molecular complexity index is 994. The summed E-state index contributed by atoms with van der Waals surface area (Å²) < 4.78 is 0. The molecule has 0 atom stereocenters. The second-order valence-corrected chi connectivity index (χ2v) is 5.03. The van der Waals surface area contributed by atoms with Crippen LogP contribution in [0.25, 0.3) is 22.5 Å². The molecule has 0 spiro atoms. The first-order valence-electron chi connectivity index (χ1n) is 7.48. The van der Waals surface area contributed by atoms with Crippen molar-refractivity contribution in [3.8, 4) is 46.5 Å². The van der Waals surface area contributed by atoms with Crippen LogP contribution in [-0.4, -0.2) is 15.3 Å². The normalized spacial score (nSPS) is 9.28. The van der Waals surface area contributed by atoms with Gasteiger partial charge in [-0.3, -0.25) is 0 Å². The lowest BCUT2D eigenvalue weighted by molar-refractivity contribution is 0.517. The highest BCUT2D eigenvalue weighted by molar-refractivity contribution is 5.91. The molecule has 5 heteroatoms. The van der Waals surface area contributed by atoms with Gasteiger partial charge >= 0.3 is 0 Å². The zero-order valence-electron chi connectivity index (χ0n) is 13.2. The highest BCUT2D eigenvalue weighted by Gasteiger charge is 2.16. The Labute approximate surface area is 145 Å². The zero-order chi connectivity index (χ0) is 17.5. The monoisotopic (exact) mass is 326 g/mol. The van der Waals surface area contributed by atoms with Gasteiger partial charge in [0.2, 0.25) is 0 Å². The molecule has 0 aliphatic heterocycles. The average molecular weight is 326 g/mol. The highest BCUT2D eigenvalue weighted by atomic mass is 16.2. The lowest BCUT2D eigenvalue weighted by Crippen LogP contribution is -2.05. The van der Waals surface area contributed by atoms with Gasteiger partial charge in [0.15, 0.2) is 0 Å². The first-order valence-corrected chi connectivity index (χ1v) is 7.48. The van der Waals surface area contributed by atoms with Crippen molar-refractivity contribution >= 4 is 11.4 Å². The van der Waals surface area contributed by atoms with Crippen molar-refractivity contribution in [2.45, 2.75) is 0 Å². The first kappa shape index (κ1) is 15.9. The highest BCUT2D eigenvalue weighted by Crippen LogP contribution is 2.35. The molecule has 25 heavy (non-hydrogen) atoms. The number of nitrogens with two attached hydrogens (primary N) is 1. The Morgan fingerprint density at radius 2 is 1.36 bits per heavy atom. The number of hydrogen-bond acceptors (Lipinski definition) is 5. The van der Waals surface area contributed by atoms with Gasteiger partial charge < -0.3 is 16.2 Å². The molecule has 120 valence electrons. The van der Waals surface area contributed by atoms with Crippen LogP contribution in [0.1, 0.15) is 0 Å². The van der Waals surface area contributed by atoms with Crippen LogP contribution < -0.4 is 11.1 Å². The third-order valence-electron chi connectivity index (χ3n) is 3.47. The number of aliphatic hydroxyl groups is 1. The van der Waals surface area contributed by atoms with Gasteiger partial charge in [-0.2, -0.15) is 0 Å². The minimum atomic E-state index is 0.436. The van der Waals surface area contributed by atoms with Crippen molar-refractivity contribution in [3.05, 3.63) is 60.7 Å². The van der Waals surface area contributed by atoms with Gasteiger partial charge in [-0.25, -0.2) is 0 Å². The van der Waals surface area contributed by atoms with Crippen molar-refractivity contribution in [2.24, 2.45) is 0 Å². The lowest BCUT2D eigenvalue weighted by atomic mass is 10.1. The Morgan fingerprint density at radius 3 is 1.96 bits per heavy atom. The standard InChI is InChI=1S/C20H14N4O/c21-17-18(15-9-3-1-4-10-15)23-24-19(16-11-5-2-6-12-16)20(17)22-13-7-8-14-25/h1-6,9-12,25H,(H2,21,24)(H,22,23). The predicted octanol–water partition coefficient (Wildman–Crippen LogP) is 3.10. The van der Waals surface area contributed by atoms with E-state index in [0.717, 1.165) is 11.1 Å². The fraction of sp³-hybridized carbons (Fsp3) is 0. The van der Waals surface area contributed by atoms with E-state index in [0.29, 0.717) is 22.8 Å². The number of nitrogen functional groups attached to an aromatic ring is 1. The van der Waals surface area contributed by atoms with Crippen molar-refractivity contribution in [2.75, 3.05) is 11.1 Å². The average Bonchev–Trinajstić information content (AvgIpc) is 2.67. The molecule has 5 nitrogen and oxygen atoms in total. The zero-order valence-corrected chi connectivity index (χ0v) is 13.2. The molecule has 3 aromatic rings. The van der Waals surface area contributed by atoms with Crippen molar-refractivity contribution in [3.63, 3.8) is 0 Å². The maximum absolute atomic E-state index is 8.51. The number of nitrogens with one attached hydrogen (secondary N) is 1. The number of hydrogen-bond donors (Lipinski definition) is 3. The molecule has 0 bridgehead atoms. The quantitative estimate of drug-likeness (QED) is 0.509. The molecular weight excluding hydrogens is 312 g/mol. The second kappa shape index (κ2) is 7.54. The summed E-state index contributed by atoms with van der Waals surface area (Å²) in [5.74, 6) is 4.72. The minimum absolute atomic E-state index is 0.436. The van der Waals surface area contributed by atoms with Crippen LogP contribution in [0.2, 0.25) is 0 Å². The van der Waals surface area contributed by atoms with Crippen LogP contribution in [0.3, 0.4) is 0 Å². The molecule has 0 aliphatic rings. The predicted molar refractivity (Wildman–Crippen MR) is 98.4 cm³/mol. The molecule has 0 radical (unpaired) electrons. The summed E-state index contributed by atoms with van der Waals surface area (Å²) in [6.45, 7) is 0. The van der Waals surface area contributed by atoms with E-state index in [9.17, 15) is 0 Å². The van der Waals surface area contributed by atoms with E-state index in [1.54, 1.807) is 6.11 Å². The second-order valence-electron chi connectivity index (χ2n) is 5.03. The van der Waals surface area contributed by atoms with E-state index in [2.05, 4.69) is 33.4 Å². The number of aliphatic hydroxyl groups excluding tert-OH is 1. The largest absolute Gasteiger partial charge is 0.461 e. The number of anilines is 2. The molecule has 3 rings (SSSR count). The van der Waals surface area contributed by atoms with Gasteiger partial charge in [0.05, 0.1) is 11.4 Å². The molecule has 2 aromatic carbocycles. The molecule has 0 unspecified atom stereocenters. The Hall–Kier alpha value is -3.96. The Morgan fingerprint density at radius 1 is 0.800 bits per heavy atom. The molecular formula is C20H14N4O. The van der Waals surface area contributed by atoms with Gasteiger partial charge in [0, 0.05) is 29.0 Å². The minimum Gasteiger partial charge on any atom is -0.461 e. The van der Waals surface area contributed by atoms with Crippen LogP contribution in [0.5, 0.6) is 0 Å². The van der Waals surface area contributed by atoms with E-state index in [1.807, 2.05) is 60.7 Å². The fourth-order valence-corrected chi connectivity index (χ4v) is 2.34. The molecule has 0 saturated carbocycles. The molecule has 0 fully saturated rings. The first-order chi connectivity index (χ1) is 12.3. The number of benzene rings is 2. The molecule has 1 aromatic heterocycles. The van der Waals surface area contributed by atoms with Crippen molar-refractivity contribution < 1.29 is 5.11 Å². The van der Waals surface area contributed by atoms with E-state index in [1.165, 1.54) is 0 Å². The molecule has 1 heterocycles. The molecule has 4 N–H and O–H groups in total. The summed E-state index contributed by atoms with van der Waals surface area (Å²) in [6.07, 6.45) is 1.73. The smallest absolute Gasteiger partial charge is 0.122 e. The lowest BCUT2D eigenvalue weighted by Gasteiger charge is -2.13. The van der Waals surface area contributed by atoms with Crippen LogP contribution in [0.4, 0.5) is 11.4 Å². The van der Waals surface area contributed by atoms with Gasteiger partial charge in [0.1, 0.15) is 17.5 Å². The Balaban J connectivity index is 2.14. The van der Waals surface area contributed by atoms with Gasteiger partial charge in [-0.15, -0.1) is 10.2 Å². The van der Waals surface area contributed by atoms with Crippen molar-refractivity contribution in [1.82, 2.24) is 10.2 Å². The van der Waals surface area contributed by atoms with Crippen LogP contribution >= 0.6 is 0 Å².